The van der Waals surface area contributed by atoms with Crippen LogP contribution in [0.4, 0.5) is 5.69 Å². The maximum absolute atomic E-state index is 13.1. The molecule has 0 aromatic heterocycles. The molecule has 1 heterocycles. The number of nitrogens with zero attached hydrogens (tertiary/aromatic N) is 1. The Kier molecular flexibility index (Phi) is 7.26. The van der Waals surface area contributed by atoms with Crippen molar-refractivity contribution in [1.82, 2.24) is 10.2 Å². The highest BCUT2D eigenvalue weighted by atomic mass is 35.5. The van der Waals surface area contributed by atoms with E-state index in [0.717, 1.165) is 25.9 Å². The Labute approximate surface area is 155 Å². The third kappa shape index (κ3) is 5.44. The number of halogens is 1. The van der Waals surface area contributed by atoms with Crippen molar-refractivity contribution in [3.8, 4) is 0 Å². The molecule has 0 radical (unpaired) electrons. The van der Waals surface area contributed by atoms with Gasteiger partial charge < -0.3 is 15.5 Å². The highest BCUT2D eigenvalue weighted by Crippen LogP contribution is 2.24. The van der Waals surface area contributed by atoms with E-state index in [1.165, 1.54) is 0 Å². The van der Waals surface area contributed by atoms with E-state index < -0.39 is 0 Å². The molecule has 25 heavy (non-hydrogen) atoms. The van der Waals surface area contributed by atoms with Gasteiger partial charge in [-0.15, -0.1) is 0 Å². The van der Waals surface area contributed by atoms with E-state index in [2.05, 4.69) is 17.6 Å². The molecule has 0 saturated carbocycles. The average molecular weight is 366 g/mol. The molecule has 0 bridgehead atoms. The molecular weight excluding hydrogens is 338 g/mol. The molecule has 2 amide bonds. The van der Waals surface area contributed by atoms with Crippen LogP contribution in [-0.2, 0) is 4.79 Å². The highest BCUT2D eigenvalue weighted by molar-refractivity contribution is 6.34. The van der Waals surface area contributed by atoms with Crippen molar-refractivity contribution in [2.45, 2.75) is 46.1 Å². The number of benzene rings is 1. The number of carbonyl (C=O) groups is 2. The topological polar surface area (TPSA) is 61.4 Å². The summed E-state index contributed by atoms with van der Waals surface area (Å²) in [5.41, 5.74) is 1.06. The van der Waals surface area contributed by atoms with Gasteiger partial charge in [0.1, 0.15) is 0 Å². The Morgan fingerprint density at radius 1 is 1.40 bits per heavy atom. The van der Waals surface area contributed by atoms with Crippen LogP contribution in [0.5, 0.6) is 0 Å². The van der Waals surface area contributed by atoms with Gasteiger partial charge in [-0.05, 0) is 43.5 Å². The van der Waals surface area contributed by atoms with Gasteiger partial charge in [0.05, 0.1) is 10.6 Å². The van der Waals surface area contributed by atoms with Crippen LogP contribution in [0.3, 0.4) is 0 Å². The molecule has 2 N–H and O–H groups in total. The fourth-order valence-electron chi connectivity index (χ4n) is 3.10. The molecule has 0 aliphatic carbocycles. The lowest BCUT2D eigenvalue weighted by Gasteiger charge is -2.28. The zero-order valence-corrected chi connectivity index (χ0v) is 16.0. The molecular formula is C19H28ClN3O2. The summed E-state index contributed by atoms with van der Waals surface area (Å²) in [5.74, 6) is 0.157. The Morgan fingerprint density at radius 3 is 2.76 bits per heavy atom. The minimum atomic E-state index is -0.0690. The smallest absolute Gasteiger partial charge is 0.255 e. The van der Waals surface area contributed by atoms with Crippen molar-refractivity contribution in [1.29, 1.82) is 0 Å². The summed E-state index contributed by atoms with van der Waals surface area (Å²) < 4.78 is 0. The Morgan fingerprint density at radius 2 is 2.16 bits per heavy atom. The largest absolute Gasteiger partial charge is 0.334 e. The van der Waals surface area contributed by atoms with Crippen molar-refractivity contribution in [2.24, 2.45) is 5.92 Å². The van der Waals surface area contributed by atoms with Crippen molar-refractivity contribution >= 4 is 29.1 Å². The molecule has 1 saturated heterocycles. The Balaban J connectivity index is 2.19. The fourth-order valence-corrected chi connectivity index (χ4v) is 3.30. The van der Waals surface area contributed by atoms with Gasteiger partial charge in [0, 0.05) is 31.2 Å². The minimum Gasteiger partial charge on any atom is -0.334 e. The highest BCUT2D eigenvalue weighted by Gasteiger charge is 2.28. The number of anilines is 1. The van der Waals surface area contributed by atoms with E-state index in [0.29, 0.717) is 29.2 Å². The van der Waals surface area contributed by atoms with Crippen LogP contribution in [0.15, 0.2) is 18.2 Å². The number of carbonyl (C=O) groups excluding carboxylic acids is 2. The normalized spacial score (nSPS) is 16.9. The first kappa shape index (κ1) is 19.7. The van der Waals surface area contributed by atoms with Crippen LogP contribution < -0.4 is 10.6 Å². The Hall–Kier alpha value is -1.59. The average Bonchev–Trinajstić information content (AvgIpc) is 3.07. The first-order valence-corrected chi connectivity index (χ1v) is 9.41. The number of nitrogens with one attached hydrogen (secondary N) is 2. The molecule has 2 rings (SSSR count). The van der Waals surface area contributed by atoms with Crippen LogP contribution in [0.25, 0.3) is 0 Å². The third-order valence-corrected chi connectivity index (χ3v) is 4.60. The number of hydrogen-bond acceptors (Lipinski definition) is 3. The van der Waals surface area contributed by atoms with Crippen LogP contribution in [-0.4, -0.2) is 42.4 Å². The standard InChI is InChI=1S/C19H28ClN3O2/c1-4-9-23(15-7-8-21-12-15)19(25)16-11-14(5-6-17(16)20)22-18(24)10-13(2)3/h5-6,11,13,15,21H,4,7-10,12H2,1-3H3,(H,22,24). The van der Waals surface area contributed by atoms with Crippen molar-refractivity contribution in [3.05, 3.63) is 28.8 Å². The summed E-state index contributed by atoms with van der Waals surface area (Å²) in [7, 11) is 0. The molecule has 5 nitrogen and oxygen atoms in total. The molecule has 1 aliphatic rings. The van der Waals surface area contributed by atoms with E-state index in [1.807, 2.05) is 18.7 Å². The lowest BCUT2D eigenvalue weighted by molar-refractivity contribution is -0.116. The SMILES string of the molecule is CCCN(C(=O)c1cc(NC(=O)CC(C)C)ccc1Cl)C1CCNC1. The monoisotopic (exact) mass is 365 g/mol. The van der Waals surface area contributed by atoms with E-state index >= 15 is 0 Å². The minimum absolute atomic E-state index is 0.0545. The van der Waals surface area contributed by atoms with Gasteiger partial charge >= 0.3 is 0 Å². The van der Waals surface area contributed by atoms with Crippen LogP contribution in [0.1, 0.15) is 50.4 Å². The lowest BCUT2D eigenvalue weighted by atomic mass is 10.1. The van der Waals surface area contributed by atoms with Gasteiger partial charge in [-0.3, -0.25) is 9.59 Å². The molecule has 1 fully saturated rings. The van der Waals surface area contributed by atoms with Gasteiger partial charge in [-0.1, -0.05) is 32.4 Å². The van der Waals surface area contributed by atoms with E-state index in [-0.39, 0.29) is 23.8 Å². The fraction of sp³-hybridized carbons (Fsp3) is 0.579. The summed E-state index contributed by atoms with van der Waals surface area (Å²) in [6, 6.07) is 5.30. The number of rotatable bonds is 7. The third-order valence-electron chi connectivity index (χ3n) is 4.27. The van der Waals surface area contributed by atoms with Gasteiger partial charge in [0.15, 0.2) is 0 Å². The van der Waals surface area contributed by atoms with Gasteiger partial charge in [-0.25, -0.2) is 0 Å². The second-order valence-electron chi connectivity index (χ2n) is 6.99. The van der Waals surface area contributed by atoms with Crippen LogP contribution in [0, 0.1) is 5.92 Å². The number of hydrogen-bond donors (Lipinski definition) is 2. The second-order valence-corrected chi connectivity index (χ2v) is 7.39. The molecule has 1 aromatic rings. The predicted octanol–water partition coefficient (Wildman–Crippen LogP) is 3.54. The number of amides is 2. The summed E-state index contributed by atoms with van der Waals surface area (Å²) >= 11 is 6.29. The van der Waals surface area contributed by atoms with E-state index in [4.69, 9.17) is 11.6 Å². The lowest BCUT2D eigenvalue weighted by Crippen LogP contribution is -2.42. The maximum atomic E-state index is 13.1. The molecule has 1 aromatic carbocycles. The van der Waals surface area contributed by atoms with Gasteiger partial charge in [0.2, 0.25) is 5.91 Å². The summed E-state index contributed by atoms with van der Waals surface area (Å²) in [6.45, 7) is 8.49. The van der Waals surface area contributed by atoms with Crippen molar-refractivity contribution < 1.29 is 9.59 Å². The van der Waals surface area contributed by atoms with Crippen molar-refractivity contribution in [2.75, 3.05) is 25.0 Å². The molecule has 1 unspecified atom stereocenters. The Bertz CT molecular complexity index is 613. The molecule has 1 atom stereocenters. The molecule has 6 heteroatoms. The van der Waals surface area contributed by atoms with Crippen LogP contribution >= 0.6 is 11.6 Å². The first-order chi connectivity index (χ1) is 11.9. The molecule has 138 valence electrons. The molecule has 1 aliphatic heterocycles. The zero-order valence-electron chi connectivity index (χ0n) is 15.3. The quantitative estimate of drug-likeness (QED) is 0.776. The second kappa shape index (κ2) is 9.20. The maximum Gasteiger partial charge on any atom is 0.255 e. The summed E-state index contributed by atoms with van der Waals surface area (Å²) in [6.07, 6.45) is 2.29. The predicted molar refractivity (Wildman–Crippen MR) is 102 cm³/mol. The van der Waals surface area contributed by atoms with Gasteiger partial charge in [-0.2, -0.15) is 0 Å². The van der Waals surface area contributed by atoms with E-state index in [9.17, 15) is 9.59 Å². The molecule has 0 spiro atoms. The summed E-state index contributed by atoms with van der Waals surface area (Å²) in [4.78, 5) is 26.9. The van der Waals surface area contributed by atoms with Crippen molar-refractivity contribution in [3.63, 3.8) is 0 Å². The first-order valence-electron chi connectivity index (χ1n) is 9.03. The van der Waals surface area contributed by atoms with Crippen LogP contribution in [0.2, 0.25) is 5.02 Å². The van der Waals surface area contributed by atoms with Gasteiger partial charge in [0.25, 0.3) is 5.91 Å². The summed E-state index contributed by atoms with van der Waals surface area (Å²) in [5, 5.41) is 6.58. The van der Waals surface area contributed by atoms with E-state index in [1.54, 1.807) is 18.2 Å². The zero-order chi connectivity index (χ0) is 18.4.